The number of ketones is 1. The van der Waals surface area contributed by atoms with Crippen LogP contribution < -0.4 is 0 Å². The molecule has 0 aromatic carbocycles. The maximum atomic E-state index is 11.3. The number of carbonyl (C=O) groups is 1. The maximum Gasteiger partial charge on any atom is 0.215 e. The molecule has 1 unspecified atom stereocenters. The van der Waals surface area contributed by atoms with E-state index in [0.717, 1.165) is 0 Å². The highest BCUT2D eigenvalue weighted by molar-refractivity contribution is 6.57. The van der Waals surface area contributed by atoms with Crippen LogP contribution in [-0.2, 0) is 4.79 Å². The highest BCUT2D eigenvalue weighted by Crippen LogP contribution is 2.21. The second-order valence-corrected chi connectivity index (χ2v) is 4.46. The van der Waals surface area contributed by atoms with Crippen LogP contribution in [0.3, 0.4) is 0 Å². The summed E-state index contributed by atoms with van der Waals surface area (Å²) in [6, 6.07) is 0. The van der Waals surface area contributed by atoms with Gasteiger partial charge in [0.05, 0.1) is 27.6 Å². The normalized spacial score (nSPS) is 24.2. The third-order valence-electron chi connectivity index (χ3n) is 2.30. The molecule has 0 aromatic heterocycles. The number of aliphatic hydroxyl groups is 1. The van der Waals surface area contributed by atoms with Crippen molar-refractivity contribution >= 4 is 34.7 Å². The number of Topliss-reactive ketones (excluding diaryl/α,β-unsaturated/α-hetero) is 1. The van der Waals surface area contributed by atoms with Crippen LogP contribution in [0.5, 0.6) is 0 Å². The Hall–Kier alpha value is -1.16. The minimum Gasteiger partial charge on any atom is -0.389 e. The fraction of sp³-hybridized carbons (Fsp3) is 0.167. The monoisotopic (exact) mass is 269 g/mol. The van der Waals surface area contributed by atoms with Gasteiger partial charge in [-0.2, -0.15) is 0 Å². The van der Waals surface area contributed by atoms with E-state index in [4.69, 9.17) is 23.2 Å². The minimum absolute atomic E-state index is 0.0525. The van der Waals surface area contributed by atoms with Crippen LogP contribution >= 0.6 is 23.2 Å². The van der Waals surface area contributed by atoms with E-state index in [1.807, 2.05) is 0 Å². The lowest BCUT2D eigenvalue weighted by atomic mass is 10.1. The molecule has 0 heterocycles. The number of carbonyl (C=O) groups excluding carboxylic acids is 1. The SMILES string of the molecule is O=C1C(Cl)=CC(=NC2=CCC(O)C=C2)C=C1Cl. The van der Waals surface area contributed by atoms with Crippen molar-refractivity contribution in [1.82, 2.24) is 0 Å². The number of hydrogen-bond acceptors (Lipinski definition) is 3. The Morgan fingerprint density at radius 2 is 1.94 bits per heavy atom. The molecular weight excluding hydrogens is 261 g/mol. The summed E-state index contributed by atoms with van der Waals surface area (Å²) < 4.78 is 0. The Bertz CT molecular complexity index is 489. The quantitative estimate of drug-likeness (QED) is 0.744. The number of rotatable bonds is 1. The Labute approximate surface area is 108 Å². The molecule has 3 nitrogen and oxygen atoms in total. The molecular formula is C12H9Cl2NO2. The van der Waals surface area contributed by atoms with Gasteiger partial charge in [-0.05, 0) is 24.6 Å². The first-order chi connectivity index (χ1) is 8.06. The van der Waals surface area contributed by atoms with Gasteiger partial charge in [0, 0.05) is 0 Å². The number of hydrogen-bond donors (Lipinski definition) is 1. The van der Waals surface area contributed by atoms with Gasteiger partial charge in [-0.1, -0.05) is 35.4 Å². The molecule has 17 heavy (non-hydrogen) atoms. The smallest absolute Gasteiger partial charge is 0.215 e. The van der Waals surface area contributed by atoms with E-state index in [9.17, 15) is 9.90 Å². The fourth-order valence-electron chi connectivity index (χ4n) is 1.44. The third kappa shape index (κ3) is 2.94. The van der Waals surface area contributed by atoms with Crippen molar-refractivity contribution in [2.75, 3.05) is 0 Å². The van der Waals surface area contributed by atoms with Gasteiger partial charge in [0.1, 0.15) is 0 Å². The van der Waals surface area contributed by atoms with E-state index in [2.05, 4.69) is 4.99 Å². The fourth-order valence-corrected chi connectivity index (χ4v) is 1.92. The van der Waals surface area contributed by atoms with Crippen molar-refractivity contribution in [1.29, 1.82) is 0 Å². The van der Waals surface area contributed by atoms with Gasteiger partial charge in [0.25, 0.3) is 0 Å². The third-order valence-corrected chi connectivity index (χ3v) is 2.86. The van der Waals surface area contributed by atoms with Crippen LogP contribution in [0.4, 0.5) is 0 Å². The lowest BCUT2D eigenvalue weighted by Gasteiger charge is -2.09. The molecule has 0 saturated carbocycles. The predicted molar refractivity (Wildman–Crippen MR) is 68.2 cm³/mol. The zero-order valence-electron chi connectivity index (χ0n) is 8.73. The summed E-state index contributed by atoms with van der Waals surface area (Å²) in [5.41, 5.74) is 1.23. The van der Waals surface area contributed by atoms with Gasteiger partial charge < -0.3 is 5.11 Å². The van der Waals surface area contributed by atoms with E-state index < -0.39 is 11.9 Å². The Morgan fingerprint density at radius 3 is 2.47 bits per heavy atom. The second-order valence-electron chi connectivity index (χ2n) is 3.64. The van der Waals surface area contributed by atoms with Gasteiger partial charge in [-0.3, -0.25) is 4.79 Å². The van der Waals surface area contributed by atoms with Crippen molar-refractivity contribution < 1.29 is 9.90 Å². The summed E-state index contributed by atoms with van der Waals surface area (Å²) in [4.78, 5) is 15.6. The first kappa shape index (κ1) is 12.3. The summed E-state index contributed by atoms with van der Waals surface area (Å²) in [7, 11) is 0. The van der Waals surface area contributed by atoms with Crippen molar-refractivity contribution in [2.45, 2.75) is 12.5 Å². The van der Waals surface area contributed by atoms with E-state index in [-0.39, 0.29) is 10.1 Å². The molecule has 0 radical (unpaired) electrons. The van der Waals surface area contributed by atoms with Crippen LogP contribution in [-0.4, -0.2) is 22.7 Å². The number of aliphatic hydroxyl groups excluding tert-OH is 1. The van der Waals surface area contributed by atoms with Crippen molar-refractivity contribution in [3.8, 4) is 0 Å². The summed E-state index contributed by atoms with van der Waals surface area (Å²) in [6.07, 6.45) is 8.18. The Kier molecular flexibility index (Phi) is 3.62. The van der Waals surface area contributed by atoms with Gasteiger partial charge in [0.15, 0.2) is 0 Å². The molecule has 1 atom stereocenters. The number of halogens is 2. The number of nitrogens with zero attached hydrogens (tertiary/aromatic N) is 1. The van der Waals surface area contributed by atoms with Crippen molar-refractivity contribution in [3.63, 3.8) is 0 Å². The van der Waals surface area contributed by atoms with Gasteiger partial charge in [0.2, 0.25) is 5.78 Å². The number of allylic oxidation sites excluding steroid dienone is 5. The molecule has 0 aromatic rings. The van der Waals surface area contributed by atoms with Gasteiger partial charge in [-0.15, -0.1) is 0 Å². The highest BCUT2D eigenvalue weighted by Gasteiger charge is 2.17. The summed E-state index contributed by atoms with van der Waals surface area (Å²) in [5, 5.41) is 9.37. The summed E-state index contributed by atoms with van der Waals surface area (Å²) in [6.45, 7) is 0. The van der Waals surface area contributed by atoms with Crippen molar-refractivity contribution in [3.05, 3.63) is 46.1 Å². The Morgan fingerprint density at radius 1 is 1.29 bits per heavy atom. The van der Waals surface area contributed by atoms with Crippen molar-refractivity contribution in [2.24, 2.45) is 4.99 Å². The number of aliphatic imine (C=N–C) groups is 1. The molecule has 0 fully saturated rings. The van der Waals surface area contributed by atoms with Crippen LogP contribution in [0, 0.1) is 0 Å². The molecule has 0 saturated heterocycles. The molecule has 0 amide bonds. The molecule has 2 aliphatic rings. The average molecular weight is 270 g/mol. The van der Waals surface area contributed by atoms with E-state index in [1.165, 1.54) is 12.2 Å². The highest BCUT2D eigenvalue weighted by atomic mass is 35.5. The molecule has 0 aliphatic heterocycles. The van der Waals surface area contributed by atoms with E-state index in [0.29, 0.717) is 17.8 Å². The van der Waals surface area contributed by atoms with Gasteiger partial charge >= 0.3 is 0 Å². The predicted octanol–water partition coefficient (Wildman–Crippen LogP) is 2.46. The minimum atomic E-state index is -0.454. The molecule has 2 rings (SSSR count). The first-order valence-corrected chi connectivity index (χ1v) is 5.76. The van der Waals surface area contributed by atoms with Gasteiger partial charge in [-0.25, -0.2) is 4.99 Å². The lowest BCUT2D eigenvalue weighted by Crippen LogP contribution is -2.09. The molecule has 88 valence electrons. The molecule has 0 bridgehead atoms. The van der Waals surface area contributed by atoms with Crippen LogP contribution in [0.2, 0.25) is 0 Å². The van der Waals surface area contributed by atoms with Crippen LogP contribution in [0.15, 0.2) is 51.1 Å². The zero-order valence-corrected chi connectivity index (χ0v) is 10.2. The molecule has 0 spiro atoms. The second kappa shape index (κ2) is 5.00. The lowest BCUT2D eigenvalue weighted by molar-refractivity contribution is -0.111. The largest absolute Gasteiger partial charge is 0.389 e. The molecule has 1 N–H and O–H groups in total. The van der Waals surface area contributed by atoms with E-state index in [1.54, 1.807) is 18.2 Å². The van der Waals surface area contributed by atoms with Crippen LogP contribution in [0.1, 0.15) is 6.42 Å². The van der Waals surface area contributed by atoms with E-state index >= 15 is 0 Å². The zero-order chi connectivity index (χ0) is 12.4. The standard InChI is InChI=1S/C12H9Cl2NO2/c13-10-5-8(6-11(14)12(10)17)15-7-1-3-9(16)4-2-7/h1-3,5-6,9,16H,4H2. The molecule has 2 aliphatic carbocycles. The summed E-state index contributed by atoms with van der Waals surface area (Å²) in [5.74, 6) is -0.393. The summed E-state index contributed by atoms with van der Waals surface area (Å²) >= 11 is 11.5. The maximum absolute atomic E-state index is 11.3. The first-order valence-electron chi connectivity index (χ1n) is 5.00. The Balaban J connectivity index is 2.25. The average Bonchev–Trinajstić information content (AvgIpc) is 2.29. The molecule has 5 heteroatoms. The topological polar surface area (TPSA) is 49.7 Å². The van der Waals surface area contributed by atoms with Crippen LogP contribution in [0.25, 0.3) is 0 Å².